The van der Waals surface area contributed by atoms with Crippen molar-refractivity contribution in [2.24, 2.45) is 0 Å². The minimum absolute atomic E-state index is 0. The van der Waals surface area contributed by atoms with E-state index in [0.717, 1.165) is 29.7 Å². The van der Waals surface area contributed by atoms with E-state index in [1.165, 1.54) is 12.1 Å². The Morgan fingerprint density at radius 1 is 1.07 bits per heavy atom. The van der Waals surface area contributed by atoms with Crippen molar-refractivity contribution in [3.8, 4) is 5.75 Å². The second-order valence-corrected chi connectivity index (χ2v) is 9.34. The number of non-ortho nitro benzene ring substituents is 1. The minimum atomic E-state index is -4.38. The molecule has 3 aromatic rings. The van der Waals surface area contributed by atoms with Crippen LogP contribution >= 0.6 is 7.60 Å². The topological polar surface area (TPSA) is 136 Å². The van der Waals surface area contributed by atoms with E-state index in [-0.39, 0.29) is 47.3 Å². The number of benzene rings is 3. The zero-order valence-electron chi connectivity index (χ0n) is 16.3. The fourth-order valence-electron chi connectivity index (χ4n) is 2.41. The van der Waals surface area contributed by atoms with Crippen molar-refractivity contribution >= 4 is 34.1 Å². The molecule has 0 radical (unpaired) electrons. The van der Waals surface area contributed by atoms with Gasteiger partial charge < -0.3 is 10.8 Å². The predicted octanol–water partition coefficient (Wildman–Crippen LogP) is 0.365. The van der Waals surface area contributed by atoms with Crippen LogP contribution in [0.4, 0.5) is 5.69 Å². The van der Waals surface area contributed by atoms with Crippen molar-refractivity contribution in [2.75, 3.05) is 6.29 Å². The van der Waals surface area contributed by atoms with Crippen LogP contribution in [0.3, 0.4) is 0 Å². The Morgan fingerprint density at radius 3 is 2.31 bits per heavy atom. The monoisotopic (exact) mass is 446 g/mol. The first kappa shape index (κ1) is 23.5. The van der Waals surface area contributed by atoms with Crippen LogP contribution in [-0.4, -0.2) is 24.5 Å². The van der Waals surface area contributed by atoms with E-state index >= 15 is 0 Å². The summed E-state index contributed by atoms with van der Waals surface area (Å²) in [6.45, 7) is 0. The summed E-state index contributed by atoms with van der Waals surface area (Å²) in [4.78, 5) is 19.8. The molecule has 2 N–H and O–H groups in total. The molecular weight excluding hydrogens is 430 g/mol. The molecule has 0 aliphatic heterocycles. The van der Waals surface area contributed by atoms with Crippen molar-refractivity contribution in [3.63, 3.8) is 0 Å². The molecule has 0 spiro atoms. The van der Waals surface area contributed by atoms with Crippen molar-refractivity contribution in [2.45, 2.75) is 4.90 Å². The number of hydrogen-bond donors (Lipinski definition) is 2. The van der Waals surface area contributed by atoms with Gasteiger partial charge in [-0.3, -0.25) is 10.1 Å². The number of nitrogens with one attached hydrogen (secondary N) is 1. The molecule has 0 heterocycles. The molecule has 1 atom stereocenters. The van der Waals surface area contributed by atoms with E-state index in [1.807, 2.05) is 12.1 Å². The van der Waals surface area contributed by atoms with E-state index in [1.54, 1.807) is 18.2 Å². The number of sulfonamides is 1. The third-order valence-corrected chi connectivity index (χ3v) is 6.45. The summed E-state index contributed by atoms with van der Waals surface area (Å²) in [6.07, 6.45) is -0.862. The van der Waals surface area contributed by atoms with Crippen LogP contribution in [0.25, 0.3) is 10.8 Å². The van der Waals surface area contributed by atoms with Gasteiger partial charge in [-0.25, -0.2) is 13.0 Å². The molecule has 0 amide bonds. The Hall–Kier alpha value is -1.78. The van der Waals surface area contributed by atoms with Crippen LogP contribution in [0.2, 0.25) is 0 Å². The van der Waals surface area contributed by atoms with E-state index < -0.39 is 28.8 Å². The third kappa shape index (κ3) is 6.10. The molecule has 9 nitrogen and oxygen atoms in total. The summed E-state index contributed by atoms with van der Waals surface area (Å²) in [5.41, 5.74) is -0.211. The van der Waals surface area contributed by atoms with Gasteiger partial charge in [0.2, 0.25) is 10.0 Å². The van der Waals surface area contributed by atoms with Gasteiger partial charge in [0.15, 0.2) is 0 Å². The van der Waals surface area contributed by atoms with Crippen LogP contribution in [0.15, 0.2) is 71.6 Å². The molecule has 12 heteroatoms. The van der Waals surface area contributed by atoms with Crippen molar-refractivity contribution in [1.82, 2.24) is 4.72 Å². The zero-order chi connectivity index (χ0) is 20.4. The maximum Gasteiger partial charge on any atom is 1.00 e. The summed E-state index contributed by atoms with van der Waals surface area (Å²) in [5, 5.41) is 12.2. The maximum absolute atomic E-state index is 12.4. The molecule has 1 unspecified atom stereocenters. The van der Waals surface area contributed by atoms with Gasteiger partial charge in [-0.15, -0.1) is 0 Å². The van der Waals surface area contributed by atoms with E-state index in [0.29, 0.717) is 5.39 Å². The molecule has 0 saturated heterocycles. The molecular formula is C17H16N2NaO7PS. The summed E-state index contributed by atoms with van der Waals surface area (Å²) >= 11 is 0. The molecule has 0 fully saturated rings. The number of hydrogen-bond acceptors (Lipinski definition) is 6. The molecule has 0 saturated carbocycles. The van der Waals surface area contributed by atoms with Gasteiger partial charge in [0.1, 0.15) is 12.0 Å². The number of rotatable bonds is 7. The van der Waals surface area contributed by atoms with Gasteiger partial charge in [0.05, 0.1) is 9.82 Å². The van der Waals surface area contributed by atoms with Gasteiger partial charge in [0.25, 0.3) is 5.69 Å². The molecule has 0 bridgehead atoms. The van der Waals surface area contributed by atoms with Gasteiger partial charge in [-0.1, -0.05) is 30.3 Å². The van der Waals surface area contributed by atoms with Crippen LogP contribution in [-0.2, 0) is 14.6 Å². The Morgan fingerprint density at radius 2 is 1.69 bits per heavy atom. The standard InChI is InChI=1S/C17H15N2O7PS.Na.H/c20-19(21)15-6-8-16(9-7-15)26-27(22,23)12-18-28(24,25)17-10-5-13-3-1-2-4-14(13)11-17;;/h1-11,18H,12H2,(H,22,23);;/q;+1;-1. The SMILES string of the molecule is O=[N+]([O-])c1ccc(OP(=O)(O)CNS(=O)(=O)c2ccc3ccccc3c2)cc1.[H-].[Na+]. The van der Waals surface area contributed by atoms with Crippen molar-refractivity contribution < 1.29 is 58.3 Å². The quantitative estimate of drug-likeness (QED) is 0.232. The van der Waals surface area contributed by atoms with Gasteiger partial charge >= 0.3 is 37.2 Å². The normalized spacial score (nSPS) is 13.3. The van der Waals surface area contributed by atoms with Crippen LogP contribution < -0.4 is 38.8 Å². The molecule has 0 aromatic heterocycles. The second-order valence-electron chi connectivity index (χ2n) is 5.79. The Kier molecular flexibility index (Phi) is 7.58. The fourth-order valence-corrected chi connectivity index (χ4v) is 4.95. The van der Waals surface area contributed by atoms with Gasteiger partial charge in [-0.05, 0) is 35.0 Å². The van der Waals surface area contributed by atoms with Crippen LogP contribution in [0.1, 0.15) is 1.43 Å². The first-order chi connectivity index (χ1) is 13.2. The molecule has 3 rings (SSSR count). The Bertz CT molecular complexity index is 1190. The van der Waals surface area contributed by atoms with Gasteiger partial charge in [-0.2, -0.15) is 4.72 Å². The van der Waals surface area contributed by atoms with Crippen molar-refractivity contribution in [3.05, 3.63) is 76.8 Å². The number of nitrogens with zero attached hydrogens (tertiary/aromatic N) is 1. The first-order valence-corrected chi connectivity index (χ1v) is 11.2. The van der Waals surface area contributed by atoms with E-state index in [2.05, 4.69) is 4.72 Å². The van der Waals surface area contributed by atoms with E-state index in [4.69, 9.17) is 4.52 Å². The molecule has 148 valence electrons. The molecule has 3 aromatic carbocycles. The number of nitro groups is 1. The van der Waals surface area contributed by atoms with Crippen molar-refractivity contribution in [1.29, 1.82) is 0 Å². The Balaban J connectivity index is 0.00000225. The average Bonchev–Trinajstić information content (AvgIpc) is 2.66. The summed E-state index contributed by atoms with van der Waals surface area (Å²) in [5.74, 6) is -0.0960. The summed E-state index contributed by atoms with van der Waals surface area (Å²) in [6, 6.07) is 16.2. The number of fused-ring (bicyclic) bond motifs is 1. The maximum atomic E-state index is 12.4. The van der Waals surface area contributed by atoms with E-state index in [9.17, 15) is 28.0 Å². The molecule has 29 heavy (non-hydrogen) atoms. The fraction of sp³-hybridized carbons (Fsp3) is 0.0588. The zero-order valence-corrected chi connectivity index (χ0v) is 19.0. The second kappa shape index (κ2) is 9.36. The predicted molar refractivity (Wildman–Crippen MR) is 104 cm³/mol. The molecule has 0 aliphatic carbocycles. The summed E-state index contributed by atoms with van der Waals surface area (Å²) < 4.78 is 44.0. The average molecular weight is 446 g/mol. The molecule has 0 aliphatic rings. The first-order valence-electron chi connectivity index (χ1n) is 7.91. The largest absolute Gasteiger partial charge is 1.00 e. The van der Waals surface area contributed by atoms with Crippen LogP contribution in [0, 0.1) is 10.1 Å². The summed E-state index contributed by atoms with van der Waals surface area (Å²) in [7, 11) is -8.43. The number of nitro benzene ring substituents is 1. The van der Waals surface area contributed by atoms with Gasteiger partial charge in [0, 0.05) is 12.1 Å². The Labute approximate surface area is 190 Å². The minimum Gasteiger partial charge on any atom is -1.00 e. The smallest absolute Gasteiger partial charge is 1.00 e. The third-order valence-electron chi connectivity index (χ3n) is 3.78. The van der Waals surface area contributed by atoms with Crippen LogP contribution in [0.5, 0.6) is 5.75 Å².